The zero-order valence-electron chi connectivity index (χ0n) is 12.2. The summed E-state index contributed by atoms with van der Waals surface area (Å²) in [5, 5.41) is 2.66. The van der Waals surface area contributed by atoms with E-state index in [1.165, 1.54) is 6.92 Å². The summed E-state index contributed by atoms with van der Waals surface area (Å²) in [6, 6.07) is 4.90. The third kappa shape index (κ3) is 4.91. The monoisotopic (exact) mass is 279 g/mol. The lowest BCUT2D eigenvalue weighted by molar-refractivity contribution is -0.114. The standard InChI is InChI=1S/C15H21NO4/c1-4-8-19-14-10-12(16-11(3)17)6-7-13(14)15(18)20-9-5-2/h6-7,10H,4-5,8-9H2,1-3H3,(H,16,17). The van der Waals surface area contributed by atoms with Crippen LogP contribution < -0.4 is 10.1 Å². The maximum absolute atomic E-state index is 11.9. The fraction of sp³-hybridized carbons (Fsp3) is 0.467. The van der Waals surface area contributed by atoms with Crippen molar-refractivity contribution in [1.29, 1.82) is 0 Å². The van der Waals surface area contributed by atoms with Crippen LogP contribution >= 0.6 is 0 Å². The van der Waals surface area contributed by atoms with Crippen LogP contribution in [0.4, 0.5) is 5.69 Å². The molecular formula is C15H21NO4. The molecule has 20 heavy (non-hydrogen) atoms. The lowest BCUT2D eigenvalue weighted by Crippen LogP contribution is -2.11. The molecule has 0 heterocycles. The minimum atomic E-state index is -0.410. The number of carbonyl (C=O) groups excluding carboxylic acids is 2. The number of amides is 1. The highest BCUT2D eigenvalue weighted by molar-refractivity contribution is 5.95. The van der Waals surface area contributed by atoms with Crippen molar-refractivity contribution in [2.75, 3.05) is 18.5 Å². The van der Waals surface area contributed by atoms with E-state index in [2.05, 4.69) is 5.32 Å². The SMILES string of the molecule is CCCOC(=O)c1ccc(NC(C)=O)cc1OCCC. The average Bonchev–Trinajstić information content (AvgIpc) is 2.42. The van der Waals surface area contributed by atoms with Gasteiger partial charge < -0.3 is 14.8 Å². The highest BCUT2D eigenvalue weighted by atomic mass is 16.5. The first-order valence-corrected chi connectivity index (χ1v) is 6.80. The first-order chi connectivity index (χ1) is 9.58. The van der Waals surface area contributed by atoms with Crippen molar-refractivity contribution < 1.29 is 19.1 Å². The van der Waals surface area contributed by atoms with Crippen molar-refractivity contribution in [3.05, 3.63) is 23.8 Å². The fourth-order valence-corrected chi connectivity index (χ4v) is 1.58. The lowest BCUT2D eigenvalue weighted by Gasteiger charge is -2.12. The van der Waals surface area contributed by atoms with Gasteiger partial charge in [-0.05, 0) is 25.0 Å². The summed E-state index contributed by atoms with van der Waals surface area (Å²) in [6.07, 6.45) is 1.59. The Hall–Kier alpha value is -2.04. The predicted octanol–water partition coefficient (Wildman–Crippen LogP) is 3.00. The van der Waals surface area contributed by atoms with Crippen molar-refractivity contribution >= 4 is 17.6 Å². The molecule has 5 nitrogen and oxygen atoms in total. The van der Waals surface area contributed by atoms with Crippen LogP contribution in [0.15, 0.2) is 18.2 Å². The molecule has 1 rings (SSSR count). The minimum absolute atomic E-state index is 0.173. The van der Waals surface area contributed by atoms with Crippen LogP contribution in [-0.4, -0.2) is 25.1 Å². The Kier molecular flexibility index (Phi) is 6.56. The second-order valence-corrected chi connectivity index (χ2v) is 4.38. The van der Waals surface area contributed by atoms with E-state index >= 15 is 0 Å². The summed E-state index contributed by atoms with van der Waals surface area (Å²) in [5.74, 6) is -0.153. The largest absolute Gasteiger partial charge is 0.493 e. The summed E-state index contributed by atoms with van der Waals surface area (Å²) in [5.41, 5.74) is 0.969. The molecule has 1 aromatic rings. The molecule has 0 saturated heterocycles. The van der Waals surface area contributed by atoms with Gasteiger partial charge in [-0.3, -0.25) is 4.79 Å². The van der Waals surface area contributed by atoms with Crippen LogP contribution in [0.2, 0.25) is 0 Å². The van der Waals surface area contributed by atoms with E-state index in [1.54, 1.807) is 18.2 Å². The Morgan fingerprint density at radius 1 is 1.15 bits per heavy atom. The zero-order valence-corrected chi connectivity index (χ0v) is 12.2. The number of carbonyl (C=O) groups is 2. The summed E-state index contributed by atoms with van der Waals surface area (Å²) in [7, 11) is 0. The summed E-state index contributed by atoms with van der Waals surface area (Å²) in [4.78, 5) is 23.0. The average molecular weight is 279 g/mol. The van der Waals surface area contributed by atoms with Crippen molar-refractivity contribution in [3.63, 3.8) is 0 Å². The van der Waals surface area contributed by atoms with Gasteiger partial charge in [0.2, 0.25) is 5.91 Å². The molecule has 5 heteroatoms. The molecular weight excluding hydrogens is 258 g/mol. The van der Waals surface area contributed by atoms with Crippen LogP contribution in [0, 0.1) is 0 Å². The molecule has 0 aliphatic heterocycles. The number of hydrogen-bond donors (Lipinski definition) is 1. The van der Waals surface area contributed by atoms with E-state index in [4.69, 9.17) is 9.47 Å². The van der Waals surface area contributed by atoms with Gasteiger partial charge in [-0.1, -0.05) is 13.8 Å². The van der Waals surface area contributed by atoms with E-state index in [0.717, 1.165) is 12.8 Å². The van der Waals surface area contributed by atoms with E-state index in [-0.39, 0.29) is 5.91 Å². The number of rotatable bonds is 7. The number of ether oxygens (including phenoxy) is 2. The normalized spacial score (nSPS) is 9.95. The van der Waals surface area contributed by atoms with Crippen molar-refractivity contribution in [1.82, 2.24) is 0 Å². The smallest absolute Gasteiger partial charge is 0.341 e. The Labute approximate surface area is 119 Å². The molecule has 1 N–H and O–H groups in total. The van der Waals surface area contributed by atoms with Crippen molar-refractivity contribution in [3.8, 4) is 5.75 Å². The maximum atomic E-state index is 11.9. The molecule has 0 fully saturated rings. The number of nitrogens with one attached hydrogen (secondary N) is 1. The molecule has 0 radical (unpaired) electrons. The van der Waals surface area contributed by atoms with Crippen LogP contribution in [-0.2, 0) is 9.53 Å². The van der Waals surface area contributed by atoms with Crippen molar-refractivity contribution in [2.24, 2.45) is 0 Å². The van der Waals surface area contributed by atoms with Gasteiger partial charge in [0, 0.05) is 18.7 Å². The zero-order chi connectivity index (χ0) is 15.0. The van der Waals surface area contributed by atoms with Crippen LogP contribution in [0.25, 0.3) is 0 Å². The minimum Gasteiger partial charge on any atom is -0.493 e. The van der Waals surface area contributed by atoms with E-state index in [9.17, 15) is 9.59 Å². The summed E-state index contributed by atoms with van der Waals surface area (Å²) < 4.78 is 10.7. The first-order valence-electron chi connectivity index (χ1n) is 6.80. The summed E-state index contributed by atoms with van der Waals surface area (Å²) in [6.45, 7) is 6.21. The Balaban J connectivity index is 2.96. The molecule has 0 atom stereocenters. The second kappa shape index (κ2) is 8.19. The third-order valence-electron chi connectivity index (χ3n) is 2.42. The van der Waals surface area contributed by atoms with Gasteiger partial charge in [0.25, 0.3) is 0 Å². The van der Waals surface area contributed by atoms with Crippen LogP contribution in [0.1, 0.15) is 44.0 Å². The van der Waals surface area contributed by atoms with E-state index in [0.29, 0.717) is 30.2 Å². The quantitative estimate of drug-likeness (QED) is 0.779. The second-order valence-electron chi connectivity index (χ2n) is 4.38. The van der Waals surface area contributed by atoms with Gasteiger partial charge >= 0.3 is 5.97 Å². The fourth-order valence-electron chi connectivity index (χ4n) is 1.58. The molecule has 1 aromatic carbocycles. The molecule has 0 saturated carbocycles. The van der Waals surface area contributed by atoms with E-state index in [1.807, 2.05) is 13.8 Å². The summed E-state index contributed by atoms with van der Waals surface area (Å²) >= 11 is 0. The van der Waals surface area contributed by atoms with Gasteiger partial charge in [-0.15, -0.1) is 0 Å². The van der Waals surface area contributed by atoms with Gasteiger partial charge in [0.1, 0.15) is 11.3 Å². The first kappa shape index (κ1) is 16.0. The lowest BCUT2D eigenvalue weighted by atomic mass is 10.1. The molecule has 0 unspecified atom stereocenters. The van der Waals surface area contributed by atoms with Crippen LogP contribution in [0.5, 0.6) is 5.75 Å². The predicted molar refractivity (Wildman–Crippen MR) is 77.1 cm³/mol. The van der Waals surface area contributed by atoms with Gasteiger partial charge in [-0.2, -0.15) is 0 Å². The maximum Gasteiger partial charge on any atom is 0.341 e. The number of anilines is 1. The Bertz CT molecular complexity index is 471. The Morgan fingerprint density at radius 2 is 1.85 bits per heavy atom. The molecule has 0 spiro atoms. The van der Waals surface area contributed by atoms with Gasteiger partial charge in [-0.25, -0.2) is 4.79 Å². The Morgan fingerprint density at radius 3 is 2.45 bits per heavy atom. The number of hydrogen-bond acceptors (Lipinski definition) is 4. The topological polar surface area (TPSA) is 64.6 Å². The highest BCUT2D eigenvalue weighted by Gasteiger charge is 2.15. The van der Waals surface area contributed by atoms with Gasteiger partial charge in [0.05, 0.1) is 13.2 Å². The molecule has 0 aliphatic rings. The number of esters is 1. The molecule has 110 valence electrons. The molecule has 0 bridgehead atoms. The van der Waals surface area contributed by atoms with Crippen molar-refractivity contribution in [2.45, 2.75) is 33.6 Å². The number of benzene rings is 1. The van der Waals surface area contributed by atoms with E-state index < -0.39 is 5.97 Å². The third-order valence-corrected chi connectivity index (χ3v) is 2.42. The molecule has 0 aromatic heterocycles. The van der Waals surface area contributed by atoms with Crippen LogP contribution in [0.3, 0.4) is 0 Å². The highest BCUT2D eigenvalue weighted by Crippen LogP contribution is 2.24. The molecule has 0 aliphatic carbocycles. The van der Waals surface area contributed by atoms with Gasteiger partial charge in [0.15, 0.2) is 0 Å². The molecule has 1 amide bonds.